The maximum absolute atomic E-state index is 11.2. The maximum Gasteiger partial charge on any atom is 0.307 e. The van der Waals surface area contributed by atoms with Crippen LogP contribution in [0.2, 0.25) is 0 Å². The second-order valence-corrected chi connectivity index (χ2v) is 4.38. The van der Waals surface area contributed by atoms with Crippen LogP contribution in [-0.4, -0.2) is 19.1 Å². The molecular weight excluding hydrogens is 226 g/mol. The van der Waals surface area contributed by atoms with Crippen LogP contribution in [0, 0.1) is 0 Å². The van der Waals surface area contributed by atoms with Crippen LogP contribution >= 0.6 is 0 Å². The number of fused-ring (bicyclic) bond motifs is 1. The smallest absolute Gasteiger partial charge is 0.307 e. The summed E-state index contributed by atoms with van der Waals surface area (Å²) in [5, 5.41) is 2.39. The van der Waals surface area contributed by atoms with Gasteiger partial charge in [-0.05, 0) is 22.8 Å². The lowest BCUT2D eigenvalue weighted by Crippen LogP contribution is -2.26. The van der Waals surface area contributed by atoms with E-state index in [4.69, 9.17) is 5.73 Å². The van der Waals surface area contributed by atoms with Crippen LogP contribution in [0.3, 0.4) is 0 Å². The van der Waals surface area contributed by atoms with E-state index in [1.54, 1.807) is 0 Å². The van der Waals surface area contributed by atoms with Crippen LogP contribution in [0.4, 0.5) is 0 Å². The average Bonchev–Trinajstić information content (AvgIpc) is 2.39. The van der Waals surface area contributed by atoms with Gasteiger partial charge in [-0.25, -0.2) is 0 Å². The van der Waals surface area contributed by atoms with Crippen molar-refractivity contribution in [1.82, 2.24) is 0 Å². The fourth-order valence-corrected chi connectivity index (χ4v) is 2.12. The Bertz CT molecular complexity index is 546. The third kappa shape index (κ3) is 2.87. The molecule has 2 aromatic rings. The average molecular weight is 243 g/mol. The normalized spacial score (nSPS) is 12.3. The molecule has 0 heterocycles. The third-order valence-electron chi connectivity index (χ3n) is 3.02. The first-order chi connectivity index (χ1) is 8.70. The number of hydrogen-bond donors (Lipinski definition) is 1. The van der Waals surface area contributed by atoms with Crippen LogP contribution in [0.25, 0.3) is 10.8 Å². The molecule has 94 valence electrons. The van der Waals surface area contributed by atoms with E-state index < -0.39 is 0 Å². The van der Waals surface area contributed by atoms with Crippen LogP contribution in [0.15, 0.2) is 42.5 Å². The molecule has 0 radical (unpaired) electrons. The van der Waals surface area contributed by atoms with Gasteiger partial charge in [-0.1, -0.05) is 42.5 Å². The summed E-state index contributed by atoms with van der Waals surface area (Å²) in [6.45, 7) is 0. The Morgan fingerprint density at radius 2 is 1.94 bits per heavy atom. The van der Waals surface area contributed by atoms with Crippen LogP contribution in [0.5, 0.6) is 0 Å². The summed E-state index contributed by atoms with van der Waals surface area (Å²) in [4.78, 5) is 11.2. The topological polar surface area (TPSA) is 52.3 Å². The van der Waals surface area contributed by atoms with Gasteiger partial charge in [-0.15, -0.1) is 0 Å². The van der Waals surface area contributed by atoms with Gasteiger partial charge in [0.05, 0.1) is 13.5 Å². The number of carbonyl (C=O) groups is 1. The number of rotatable bonds is 4. The van der Waals surface area contributed by atoms with E-state index in [9.17, 15) is 4.79 Å². The quantitative estimate of drug-likeness (QED) is 0.838. The van der Waals surface area contributed by atoms with E-state index in [-0.39, 0.29) is 18.4 Å². The molecule has 0 amide bonds. The highest BCUT2D eigenvalue weighted by Crippen LogP contribution is 2.19. The van der Waals surface area contributed by atoms with Crippen molar-refractivity contribution < 1.29 is 9.53 Å². The summed E-state index contributed by atoms with van der Waals surface area (Å²) in [7, 11) is 1.38. The van der Waals surface area contributed by atoms with E-state index in [2.05, 4.69) is 29.0 Å². The largest absolute Gasteiger partial charge is 0.469 e. The fourth-order valence-electron chi connectivity index (χ4n) is 2.12. The Labute approximate surface area is 107 Å². The van der Waals surface area contributed by atoms with E-state index in [1.165, 1.54) is 23.4 Å². The zero-order valence-electron chi connectivity index (χ0n) is 10.4. The second kappa shape index (κ2) is 5.65. The van der Waals surface area contributed by atoms with E-state index in [0.717, 1.165) is 0 Å². The summed E-state index contributed by atoms with van der Waals surface area (Å²) in [5.74, 6) is -0.261. The van der Waals surface area contributed by atoms with Crippen molar-refractivity contribution in [3.63, 3.8) is 0 Å². The van der Waals surface area contributed by atoms with Gasteiger partial charge in [0, 0.05) is 6.04 Å². The van der Waals surface area contributed by atoms with Gasteiger partial charge in [0.15, 0.2) is 0 Å². The highest BCUT2D eigenvalue weighted by atomic mass is 16.5. The van der Waals surface area contributed by atoms with Crippen LogP contribution < -0.4 is 5.73 Å². The van der Waals surface area contributed by atoms with Crippen molar-refractivity contribution in [3.8, 4) is 0 Å². The molecule has 3 heteroatoms. The molecule has 2 aromatic carbocycles. The predicted octanol–water partition coefficient (Wildman–Crippen LogP) is 2.27. The number of carbonyl (C=O) groups excluding carboxylic acids is 1. The number of ether oxygens (including phenoxy) is 1. The highest BCUT2D eigenvalue weighted by Gasteiger charge is 2.11. The molecule has 18 heavy (non-hydrogen) atoms. The number of nitrogens with two attached hydrogens (primary N) is 1. The first-order valence-corrected chi connectivity index (χ1v) is 5.99. The molecule has 0 aliphatic heterocycles. The lowest BCUT2D eigenvalue weighted by Gasteiger charge is -2.12. The lowest BCUT2D eigenvalue weighted by atomic mass is 9.98. The first kappa shape index (κ1) is 12.6. The van der Waals surface area contributed by atoms with Gasteiger partial charge in [-0.2, -0.15) is 0 Å². The summed E-state index contributed by atoms with van der Waals surface area (Å²) >= 11 is 0. The van der Waals surface area contributed by atoms with Gasteiger partial charge in [0.2, 0.25) is 0 Å². The van der Waals surface area contributed by atoms with Gasteiger partial charge in [0.1, 0.15) is 0 Å². The second-order valence-electron chi connectivity index (χ2n) is 4.38. The van der Waals surface area contributed by atoms with Crippen molar-refractivity contribution in [2.75, 3.05) is 7.11 Å². The number of methoxy groups -OCH3 is 1. The van der Waals surface area contributed by atoms with Crippen molar-refractivity contribution in [1.29, 1.82) is 0 Å². The minimum atomic E-state index is -0.261. The Kier molecular flexibility index (Phi) is 3.95. The molecule has 0 aliphatic carbocycles. The first-order valence-electron chi connectivity index (χ1n) is 5.99. The van der Waals surface area contributed by atoms with Crippen molar-refractivity contribution in [2.45, 2.75) is 18.9 Å². The molecule has 0 spiro atoms. The minimum absolute atomic E-state index is 0.205. The molecule has 1 atom stereocenters. The molecular formula is C15H17NO2. The Balaban J connectivity index is 2.19. The van der Waals surface area contributed by atoms with E-state index >= 15 is 0 Å². The highest BCUT2D eigenvalue weighted by molar-refractivity contribution is 5.85. The zero-order valence-corrected chi connectivity index (χ0v) is 10.4. The maximum atomic E-state index is 11.2. The lowest BCUT2D eigenvalue weighted by molar-refractivity contribution is -0.140. The Hall–Kier alpha value is -1.87. The monoisotopic (exact) mass is 243 g/mol. The molecule has 0 fully saturated rings. The molecule has 0 aliphatic rings. The van der Waals surface area contributed by atoms with Gasteiger partial charge >= 0.3 is 5.97 Å². The Morgan fingerprint density at radius 3 is 2.72 bits per heavy atom. The van der Waals surface area contributed by atoms with Gasteiger partial charge in [0.25, 0.3) is 0 Å². The summed E-state index contributed by atoms with van der Waals surface area (Å²) in [5.41, 5.74) is 7.14. The van der Waals surface area contributed by atoms with E-state index in [0.29, 0.717) is 6.42 Å². The van der Waals surface area contributed by atoms with Crippen LogP contribution in [0.1, 0.15) is 12.0 Å². The number of esters is 1. The standard InChI is InChI=1S/C15H17NO2/c1-18-15(17)10-13(16)9-12-7-4-6-11-5-2-3-8-14(11)12/h2-8,13H,9-10,16H2,1H3/t13-/m1/s1. The van der Waals surface area contributed by atoms with Crippen molar-refractivity contribution >= 4 is 16.7 Å². The SMILES string of the molecule is COC(=O)C[C@H](N)Cc1cccc2ccccc12. The predicted molar refractivity (Wildman–Crippen MR) is 72.3 cm³/mol. The molecule has 0 bridgehead atoms. The fraction of sp³-hybridized carbons (Fsp3) is 0.267. The number of hydrogen-bond acceptors (Lipinski definition) is 3. The van der Waals surface area contributed by atoms with Crippen molar-refractivity contribution in [2.24, 2.45) is 5.73 Å². The summed E-state index contributed by atoms with van der Waals surface area (Å²) < 4.78 is 4.63. The Morgan fingerprint density at radius 1 is 1.22 bits per heavy atom. The molecule has 3 nitrogen and oxygen atoms in total. The number of benzene rings is 2. The molecule has 0 saturated heterocycles. The van der Waals surface area contributed by atoms with Crippen LogP contribution in [-0.2, 0) is 16.0 Å². The molecule has 0 unspecified atom stereocenters. The van der Waals surface area contributed by atoms with Gasteiger partial charge < -0.3 is 10.5 Å². The van der Waals surface area contributed by atoms with Crippen molar-refractivity contribution in [3.05, 3.63) is 48.0 Å². The molecule has 0 saturated carbocycles. The minimum Gasteiger partial charge on any atom is -0.469 e. The summed E-state index contributed by atoms with van der Waals surface area (Å²) in [6, 6.07) is 14.1. The summed E-state index contributed by atoms with van der Waals surface area (Å²) in [6.07, 6.45) is 0.927. The molecule has 0 aromatic heterocycles. The molecule has 2 rings (SSSR count). The third-order valence-corrected chi connectivity index (χ3v) is 3.02. The molecule has 2 N–H and O–H groups in total. The zero-order chi connectivity index (χ0) is 13.0. The van der Waals surface area contributed by atoms with Gasteiger partial charge in [-0.3, -0.25) is 4.79 Å². The van der Waals surface area contributed by atoms with E-state index in [1.807, 2.05) is 18.2 Å².